The zero-order chi connectivity index (χ0) is 17.0. The number of nitrogens with zero attached hydrogens (tertiary/aromatic N) is 1. The van der Waals surface area contributed by atoms with E-state index in [0.717, 1.165) is 12.8 Å². The van der Waals surface area contributed by atoms with Crippen LogP contribution in [-0.2, 0) is 4.79 Å². The van der Waals surface area contributed by atoms with Gasteiger partial charge in [-0.2, -0.15) is 0 Å². The molecule has 126 valence electrons. The number of halogens is 1. The molecule has 2 rings (SSSR count). The molecule has 0 atom stereocenters. The van der Waals surface area contributed by atoms with E-state index in [9.17, 15) is 9.59 Å². The van der Waals surface area contributed by atoms with Gasteiger partial charge in [0.15, 0.2) is 0 Å². The van der Waals surface area contributed by atoms with Crippen LogP contribution in [0.15, 0.2) is 18.2 Å². The average molecular weight is 338 g/mol. The number of anilines is 1. The first-order chi connectivity index (χ1) is 10.9. The Labute approximate surface area is 142 Å². The number of hydrogen-bond acceptors (Lipinski definition) is 3. The van der Waals surface area contributed by atoms with Crippen LogP contribution in [0.3, 0.4) is 0 Å². The van der Waals surface area contributed by atoms with E-state index in [4.69, 9.17) is 17.3 Å². The second-order valence-electron chi connectivity index (χ2n) is 6.31. The minimum atomic E-state index is -0.125. The quantitative estimate of drug-likeness (QED) is 0.887. The van der Waals surface area contributed by atoms with Crippen LogP contribution in [0.5, 0.6) is 0 Å². The van der Waals surface area contributed by atoms with E-state index in [1.165, 1.54) is 0 Å². The van der Waals surface area contributed by atoms with Crippen LogP contribution in [0.4, 0.5) is 5.69 Å². The van der Waals surface area contributed by atoms with Gasteiger partial charge < -0.3 is 16.0 Å². The predicted molar refractivity (Wildman–Crippen MR) is 92.6 cm³/mol. The van der Waals surface area contributed by atoms with Crippen molar-refractivity contribution in [2.45, 2.75) is 26.7 Å². The molecular weight excluding hydrogens is 314 g/mol. The van der Waals surface area contributed by atoms with Gasteiger partial charge >= 0.3 is 0 Å². The summed E-state index contributed by atoms with van der Waals surface area (Å²) in [5, 5.41) is 3.20. The topological polar surface area (TPSA) is 75.4 Å². The summed E-state index contributed by atoms with van der Waals surface area (Å²) in [5.74, 6) is 0.187. The fraction of sp³-hybridized carbons (Fsp3) is 0.529. The number of nitrogens with one attached hydrogen (secondary N) is 1. The zero-order valence-corrected chi connectivity index (χ0v) is 14.4. The van der Waals surface area contributed by atoms with E-state index in [2.05, 4.69) is 5.32 Å². The van der Waals surface area contributed by atoms with E-state index in [1.807, 2.05) is 13.8 Å². The lowest BCUT2D eigenvalue weighted by atomic mass is 9.96. The highest BCUT2D eigenvalue weighted by Gasteiger charge is 2.24. The molecule has 6 heteroatoms. The Morgan fingerprint density at radius 3 is 2.57 bits per heavy atom. The van der Waals surface area contributed by atoms with Crippen molar-refractivity contribution >= 4 is 29.1 Å². The molecule has 0 radical (unpaired) electrons. The number of nitrogens with two attached hydrogens (primary N) is 1. The summed E-state index contributed by atoms with van der Waals surface area (Å²) in [6.07, 6.45) is 1.84. The summed E-state index contributed by atoms with van der Waals surface area (Å²) < 4.78 is 0. The Kier molecular flexibility index (Phi) is 6.02. The number of likely N-dealkylation sites (tertiary alicyclic amines) is 1. The Hall–Kier alpha value is -1.59. The second-order valence-corrected chi connectivity index (χ2v) is 6.72. The number of amides is 2. The van der Waals surface area contributed by atoms with Crippen LogP contribution >= 0.6 is 11.6 Å². The van der Waals surface area contributed by atoms with Crippen LogP contribution in [-0.4, -0.2) is 36.3 Å². The van der Waals surface area contributed by atoms with Gasteiger partial charge in [-0.05, 0) is 43.5 Å². The van der Waals surface area contributed by atoms with Crippen LogP contribution in [0, 0.1) is 11.8 Å². The lowest BCUT2D eigenvalue weighted by Gasteiger charge is -2.31. The third-order valence-electron chi connectivity index (χ3n) is 4.22. The monoisotopic (exact) mass is 337 g/mol. The van der Waals surface area contributed by atoms with Gasteiger partial charge in [-0.3, -0.25) is 9.59 Å². The highest BCUT2D eigenvalue weighted by Crippen LogP contribution is 2.25. The first kappa shape index (κ1) is 17.8. The van der Waals surface area contributed by atoms with Crippen molar-refractivity contribution in [3.63, 3.8) is 0 Å². The van der Waals surface area contributed by atoms with Gasteiger partial charge in [0.25, 0.3) is 5.91 Å². The van der Waals surface area contributed by atoms with E-state index < -0.39 is 0 Å². The molecule has 0 saturated carbocycles. The molecule has 2 amide bonds. The Morgan fingerprint density at radius 1 is 1.35 bits per heavy atom. The van der Waals surface area contributed by atoms with Crippen molar-refractivity contribution in [2.75, 3.05) is 25.0 Å². The third-order valence-corrected chi connectivity index (χ3v) is 4.55. The average Bonchev–Trinajstić information content (AvgIpc) is 2.56. The molecule has 0 aliphatic carbocycles. The van der Waals surface area contributed by atoms with Gasteiger partial charge in [0.05, 0.1) is 10.6 Å². The van der Waals surface area contributed by atoms with E-state index in [1.54, 1.807) is 23.1 Å². The first-order valence-corrected chi connectivity index (χ1v) is 8.40. The molecule has 1 aliphatic heterocycles. The van der Waals surface area contributed by atoms with Crippen LogP contribution in [0.1, 0.15) is 37.0 Å². The minimum absolute atomic E-state index is 0.0884. The molecule has 0 bridgehead atoms. The Morgan fingerprint density at radius 2 is 2.00 bits per heavy atom. The Balaban J connectivity index is 2.12. The molecule has 1 aromatic rings. The summed E-state index contributed by atoms with van der Waals surface area (Å²) in [6, 6.07) is 5.01. The van der Waals surface area contributed by atoms with Crippen LogP contribution in [0.25, 0.3) is 0 Å². The highest BCUT2D eigenvalue weighted by molar-refractivity contribution is 6.34. The van der Waals surface area contributed by atoms with Crippen LogP contribution in [0.2, 0.25) is 5.02 Å². The van der Waals surface area contributed by atoms with E-state index in [0.29, 0.717) is 41.8 Å². The summed E-state index contributed by atoms with van der Waals surface area (Å²) in [4.78, 5) is 26.3. The minimum Gasteiger partial charge on any atom is -0.339 e. The molecule has 1 saturated heterocycles. The highest BCUT2D eigenvalue weighted by atomic mass is 35.5. The fourth-order valence-corrected chi connectivity index (χ4v) is 2.79. The summed E-state index contributed by atoms with van der Waals surface area (Å²) in [6.45, 7) is 5.69. The number of carbonyl (C=O) groups is 2. The van der Waals surface area contributed by atoms with Crippen molar-refractivity contribution in [3.05, 3.63) is 28.8 Å². The first-order valence-electron chi connectivity index (χ1n) is 8.02. The smallest absolute Gasteiger partial charge is 0.255 e. The normalized spacial score (nSPS) is 15.8. The molecule has 23 heavy (non-hydrogen) atoms. The van der Waals surface area contributed by atoms with Gasteiger partial charge in [-0.25, -0.2) is 0 Å². The molecule has 1 aliphatic rings. The van der Waals surface area contributed by atoms with Gasteiger partial charge in [-0.1, -0.05) is 25.4 Å². The number of benzene rings is 1. The van der Waals surface area contributed by atoms with E-state index in [-0.39, 0.29) is 17.7 Å². The van der Waals surface area contributed by atoms with Crippen molar-refractivity contribution < 1.29 is 9.59 Å². The third kappa shape index (κ3) is 4.45. The molecule has 5 nitrogen and oxygen atoms in total. The maximum absolute atomic E-state index is 12.7. The summed E-state index contributed by atoms with van der Waals surface area (Å²) in [7, 11) is 0. The fourth-order valence-electron chi connectivity index (χ4n) is 2.60. The molecule has 1 fully saturated rings. The standard InChI is InChI=1S/C17H24ClN3O2/c1-11(2)16(22)20-13-3-4-15(18)14(9-13)17(23)21-7-5-12(10-19)6-8-21/h3-4,9,11-12H,5-8,10,19H2,1-2H3,(H,20,22). The van der Waals surface area contributed by atoms with E-state index >= 15 is 0 Å². The SMILES string of the molecule is CC(C)C(=O)Nc1ccc(Cl)c(C(=O)N2CCC(CN)CC2)c1. The number of hydrogen-bond donors (Lipinski definition) is 2. The molecular formula is C17H24ClN3O2. The summed E-state index contributed by atoms with van der Waals surface area (Å²) in [5.41, 5.74) is 6.71. The molecule has 3 N–H and O–H groups in total. The van der Waals surface area contributed by atoms with Gasteiger partial charge in [0.2, 0.25) is 5.91 Å². The lowest BCUT2D eigenvalue weighted by Crippen LogP contribution is -2.40. The molecule has 0 unspecified atom stereocenters. The van der Waals surface area contributed by atoms with Gasteiger partial charge in [0, 0.05) is 24.7 Å². The number of carbonyl (C=O) groups excluding carboxylic acids is 2. The summed E-state index contributed by atoms with van der Waals surface area (Å²) >= 11 is 6.19. The Bertz CT molecular complexity index is 581. The number of piperidine rings is 1. The predicted octanol–water partition coefficient (Wildman–Crippen LogP) is 2.75. The van der Waals surface area contributed by atoms with Gasteiger partial charge in [0.1, 0.15) is 0 Å². The molecule has 1 aromatic carbocycles. The molecule has 0 spiro atoms. The molecule has 0 aromatic heterocycles. The van der Waals surface area contributed by atoms with Crippen molar-refractivity contribution in [1.82, 2.24) is 4.90 Å². The lowest BCUT2D eigenvalue weighted by molar-refractivity contribution is -0.118. The number of rotatable bonds is 4. The molecule has 1 heterocycles. The largest absolute Gasteiger partial charge is 0.339 e. The zero-order valence-electron chi connectivity index (χ0n) is 13.6. The second kappa shape index (κ2) is 7.79. The van der Waals surface area contributed by atoms with Crippen molar-refractivity contribution in [3.8, 4) is 0 Å². The van der Waals surface area contributed by atoms with Crippen molar-refractivity contribution in [1.29, 1.82) is 0 Å². The maximum atomic E-state index is 12.7. The van der Waals surface area contributed by atoms with Crippen LogP contribution < -0.4 is 11.1 Å². The van der Waals surface area contributed by atoms with Crippen molar-refractivity contribution in [2.24, 2.45) is 17.6 Å². The maximum Gasteiger partial charge on any atom is 0.255 e. The van der Waals surface area contributed by atoms with Gasteiger partial charge in [-0.15, -0.1) is 0 Å².